The number of aliphatic hydroxyl groups excluding tert-OH is 1. The fraction of sp³-hybridized carbons (Fsp3) is 0.450. The van der Waals surface area contributed by atoms with E-state index in [1.807, 2.05) is 29.1 Å². The standard InChI is InChI=1S/C20H29N7O2/c1-3-4-7-23-19-18-16(24-20(21)25-19)13-27(26-18)12-15-6-5-14(10-17(15)29-2)11-22-8-9-28/h5-6,10,13,22,28H,3-4,7-9,11-12H2,1-2H3,(H3,21,23,24,25). The summed E-state index contributed by atoms with van der Waals surface area (Å²) in [6.45, 7) is 4.84. The summed E-state index contributed by atoms with van der Waals surface area (Å²) in [6, 6.07) is 6.07. The van der Waals surface area contributed by atoms with Gasteiger partial charge in [0.05, 0.1) is 26.5 Å². The van der Waals surface area contributed by atoms with Gasteiger partial charge in [0.1, 0.15) is 11.3 Å². The molecule has 0 fully saturated rings. The van der Waals surface area contributed by atoms with E-state index in [1.165, 1.54) is 0 Å². The quantitative estimate of drug-likeness (QED) is 0.360. The Morgan fingerprint density at radius 3 is 2.86 bits per heavy atom. The summed E-state index contributed by atoms with van der Waals surface area (Å²) >= 11 is 0. The minimum atomic E-state index is 0.116. The van der Waals surface area contributed by atoms with Gasteiger partial charge in [-0.25, -0.2) is 4.98 Å². The van der Waals surface area contributed by atoms with Crippen molar-refractivity contribution in [2.45, 2.75) is 32.9 Å². The molecule has 0 saturated heterocycles. The fourth-order valence-corrected chi connectivity index (χ4v) is 3.08. The van der Waals surface area contributed by atoms with Gasteiger partial charge in [-0.3, -0.25) is 4.68 Å². The van der Waals surface area contributed by atoms with Crippen LogP contribution >= 0.6 is 0 Å². The van der Waals surface area contributed by atoms with Gasteiger partial charge in [-0.2, -0.15) is 10.1 Å². The number of nitrogens with two attached hydrogens (primary N) is 1. The molecule has 9 heteroatoms. The number of nitrogens with one attached hydrogen (secondary N) is 2. The number of aromatic nitrogens is 4. The highest BCUT2D eigenvalue weighted by Crippen LogP contribution is 2.24. The smallest absolute Gasteiger partial charge is 0.222 e. The molecule has 0 spiro atoms. The second-order valence-electron chi connectivity index (χ2n) is 6.82. The van der Waals surface area contributed by atoms with Crippen molar-refractivity contribution in [3.63, 3.8) is 0 Å². The third kappa shape index (κ3) is 5.33. The molecule has 0 aliphatic carbocycles. The van der Waals surface area contributed by atoms with E-state index in [4.69, 9.17) is 15.6 Å². The van der Waals surface area contributed by atoms with Crippen LogP contribution in [0.5, 0.6) is 5.75 Å². The van der Waals surface area contributed by atoms with Crippen molar-refractivity contribution in [2.75, 3.05) is 37.9 Å². The monoisotopic (exact) mass is 399 g/mol. The maximum absolute atomic E-state index is 8.89. The van der Waals surface area contributed by atoms with E-state index >= 15 is 0 Å². The van der Waals surface area contributed by atoms with Crippen LogP contribution in [0.2, 0.25) is 0 Å². The zero-order valence-electron chi connectivity index (χ0n) is 17.0. The van der Waals surface area contributed by atoms with E-state index in [0.717, 1.165) is 36.3 Å². The zero-order valence-corrected chi connectivity index (χ0v) is 17.0. The number of aliphatic hydroxyl groups is 1. The Bertz CT molecular complexity index is 942. The molecule has 0 unspecified atom stereocenters. The van der Waals surface area contributed by atoms with Gasteiger partial charge < -0.3 is 26.2 Å². The van der Waals surface area contributed by atoms with Crippen LogP contribution in [0.3, 0.4) is 0 Å². The van der Waals surface area contributed by atoms with E-state index in [1.54, 1.807) is 7.11 Å². The summed E-state index contributed by atoms with van der Waals surface area (Å²) in [5.41, 5.74) is 9.37. The number of nitrogen functional groups attached to an aromatic ring is 1. The average molecular weight is 399 g/mol. The second kappa shape index (κ2) is 10.0. The Morgan fingerprint density at radius 1 is 1.24 bits per heavy atom. The van der Waals surface area contributed by atoms with Crippen LogP contribution in [0.1, 0.15) is 30.9 Å². The van der Waals surface area contributed by atoms with Gasteiger partial charge in [0.2, 0.25) is 5.95 Å². The van der Waals surface area contributed by atoms with Crippen LogP contribution in [0.15, 0.2) is 24.4 Å². The minimum absolute atomic E-state index is 0.116. The number of anilines is 2. The first-order valence-corrected chi connectivity index (χ1v) is 9.86. The predicted molar refractivity (Wildman–Crippen MR) is 114 cm³/mol. The first-order chi connectivity index (χ1) is 14.1. The normalized spacial score (nSPS) is 11.1. The molecular weight excluding hydrogens is 370 g/mol. The van der Waals surface area contributed by atoms with Crippen molar-refractivity contribution >= 4 is 22.8 Å². The molecule has 0 radical (unpaired) electrons. The highest BCUT2D eigenvalue weighted by Gasteiger charge is 2.12. The third-order valence-electron chi connectivity index (χ3n) is 4.55. The van der Waals surface area contributed by atoms with E-state index in [-0.39, 0.29) is 12.6 Å². The third-order valence-corrected chi connectivity index (χ3v) is 4.55. The lowest BCUT2D eigenvalue weighted by Crippen LogP contribution is -2.17. The molecule has 0 aliphatic heterocycles. The zero-order chi connectivity index (χ0) is 20.6. The maximum atomic E-state index is 8.89. The van der Waals surface area contributed by atoms with Crippen LogP contribution in [-0.2, 0) is 13.1 Å². The lowest BCUT2D eigenvalue weighted by atomic mass is 10.1. The van der Waals surface area contributed by atoms with Gasteiger partial charge in [0.15, 0.2) is 11.3 Å². The average Bonchev–Trinajstić information content (AvgIpc) is 3.11. The minimum Gasteiger partial charge on any atom is -0.496 e. The lowest BCUT2D eigenvalue weighted by Gasteiger charge is -2.11. The van der Waals surface area contributed by atoms with Crippen LogP contribution in [0.4, 0.5) is 11.8 Å². The van der Waals surface area contributed by atoms with Gasteiger partial charge >= 0.3 is 0 Å². The number of ether oxygens (including phenoxy) is 1. The topological polar surface area (TPSA) is 123 Å². The Kier molecular flexibility index (Phi) is 7.20. The molecule has 0 bridgehead atoms. The molecule has 0 aliphatic rings. The summed E-state index contributed by atoms with van der Waals surface area (Å²) in [5.74, 6) is 1.69. The van der Waals surface area contributed by atoms with Crippen LogP contribution < -0.4 is 21.1 Å². The highest BCUT2D eigenvalue weighted by atomic mass is 16.5. The van der Waals surface area contributed by atoms with Crippen molar-refractivity contribution in [1.29, 1.82) is 0 Å². The van der Waals surface area contributed by atoms with Crippen molar-refractivity contribution in [3.8, 4) is 5.75 Å². The molecule has 156 valence electrons. The van der Waals surface area contributed by atoms with Crippen molar-refractivity contribution in [3.05, 3.63) is 35.5 Å². The van der Waals surface area contributed by atoms with Gasteiger partial charge in [0.25, 0.3) is 0 Å². The largest absolute Gasteiger partial charge is 0.496 e. The first-order valence-electron chi connectivity index (χ1n) is 9.86. The molecule has 0 atom stereocenters. The summed E-state index contributed by atoms with van der Waals surface area (Å²) in [5, 5.41) is 20.0. The number of hydrogen-bond donors (Lipinski definition) is 4. The van der Waals surface area contributed by atoms with E-state index in [9.17, 15) is 0 Å². The number of fused-ring (bicyclic) bond motifs is 1. The number of unbranched alkanes of at least 4 members (excludes halogenated alkanes) is 1. The first kappa shape index (κ1) is 20.8. The fourth-order valence-electron chi connectivity index (χ4n) is 3.08. The summed E-state index contributed by atoms with van der Waals surface area (Å²) in [4.78, 5) is 8.61. The molecule has 0 amide bonds. The molecule has 2 heterocycles. The van der Waals surface area contributed by atoms with E-state index in [2.05, 4.69) is 32.6 Å². The highest BCUT2D eigenvalue weighted by molar-refractivity contribution is 5.85. The summed E-state index contributed by atoms with van der Waals surface area (Å²) in [6.07, 6.45) is 4.01. The van der Waals surface area contributed by atoms with Gasteiger partial charge in [0, 0.05) is 25.2 Å². The molecule has 9 nitrogen and oxygen atoms in total. The summed E-state index contributed by atoms with van der Waals surface area (Å²) < 4.78 is 7.39. The Balaban J connectivity index is 1.81. The van der Waals surface area contributed by atoms with Crippen molar-refractivity contribution in [2.24, 2.45) is 0 Å². The van der Waals surface area contributed by atoms with Crippen LogP contribution in [0, 0.1) is 0 Å². The molecular formula is C20H29N7O2. The molecule has 29 heavy (non-hydrogen) atoms. The van der Waals surface area contributed by atoms with Gasteiger partial charge in [-0.1, -0.05) is 25.5 Å². The van der Waals surface area contributed by atoms with E-state index < -0.39 is 0 Å². The molecule has 1 aromatic carbocycles. The molecule has 3 rings (SSSR count). The van der Waals surface area contributed by atoms with Gasteiger partial charge in [-0.15, -0.1) is 0 Å². The van der Waals surface area contributed by atoms with Crippen molar-refractivity contribution < 1.29 is 9.84 Å². The Labute approximate surface area is 170 Å². The van der Waals surface area contributed by atoms with Crippen LogP contribution in [0.25, 0.3) is 11.0 Å². The molecule has 0 saturated carbocycles. The lowest BCUT2D eigenvalue weighted by molar-refractivity contribution is 0.292. The number of nitrogens with zero attached hydrogens (tertiary/aromatic N) is 4. The molecule has 5 N–H and O–H groups in total. The number of methoxy groups -OCH3 is 1. The molecule has 3 aromatic rings. The Morgan fingerprint density at radius 2 is 2.10 bits per heavy atom. The summed E-state index contributed by atoms with van der Waals surface area (Å²) in [7, 11) is 1.66. The Hall–Kier alpha value is -2.91. The van der Waals surface area contributed by atoms with Gasteiger partial charge in [-0.05, 0) is 18.1 Å². The molecule has 2 aromatic heterocycles. The van der Waals surface area contributed by atoms with Crippen LogP contribution in [-0.4, -0.2) is 51.7 Å². The number of rotatable bonds is 11. The predicted octanol–water partition coefficient (Wildman–Crippen LogP) is 1.76. The van der Waals surface area contributed by atoms with E-state index in [0.29, 0.717) is 36.5 Å². The second-order valence-corrected chi connectivity index (χ2v) is 6.82. The maximum Gasteiger partial charge on any atom is 0.222 e. The van der Waals surface area contributed by atoms with Crippen molar-refractivity contribution in [1.82, 2.24) is 25.1 Å². The SMILES string of the molecule is CCCCNc1nc(N)nc2cn(Cc3ccc(CNCCO)cc3OC)nc12. The number of hydrogen-bond acceptors (Lipinski definition) is 8. The number of benzene rings is 1.